The molecule has 1 aliphatic heterocycles. The van der Waals surface area contributed by atoms with Crippen LogP contribution < -0.4 is 0 Å². The first-order chi connectivity index (χ1) is 9.20. The average molecular weight is 266 g/mol. The molecule has 1 saturated carbocycles. The molecule has 1 saturated heterocycles. The van der Waals surface area contributed by atoms with Crippen molar-refractivity contribution in [3.63, 3.8) is 0 Å². The van der Waals surface area contributed by atoms with Crippen molar-refractivity contribution in [2.45, 2.75) is 57.9 Å². The Labute approximate surface area is 118 Å². The number of likely N-dealkylation sites (N-methyl/N-ethyl adjacent to an activating group) is 2. The fraction of sp³-hybridized carbons (Fsp3) is 0.938. The summed E-state index contributed by atoms with van der Waals surface area (Å²) >= 11 is 0. The first-order valence-electron chi connectivity index (χ1n) is 8.16. The van der Waals surface area contributed by atoms with E-state index < -0.39 is 0 Å². The molecule has 0 radical (unpaired) electrons. The Balaban J connectivity index is 1.79. The van der Waals surface area contributed by atoms with Crippen molar-refractivity contribution in [2.24, 2.45) is 5.92 Å². The van der Waals surface area contributed by atoms with Crippen LogP contribution in [-0.4, -0.2) is 54.9 Å². The van der Waals surface area contributed by atoms with E-state index in [-0.39, 0.29) is 0 Å². The monoisotopic (exact) mass is 266 g/mol. The second kappa shape index (κ2) is 7.39. The molecule has 2 unspecified atom stereocenters. The van der Waals surface area contributed by atoms with Crippen molar-refractivity contribution in [1.29, 1.82) is 0 Å². The van der Waals surface area contributed by atoms with Crippen LogP contribution in [0.4, 0.5) is 0 Å². The lowest BCUT2D eigenvalue weighted by Gasteiger charge is -2.29. The topological polar surface area (TPSA) is 23.6 Å². The molecule has 3 heteroatoms. The Morgan fingerprint density at radius 3 is 2.79 bits per heavy atom. The number of rotatable bonds is 5. The van der Waals surface area contributed by atoms with Crippen molar-refractivity contribution in [1.82, 2.24) is 9.80 Å². The van der Waals surface area contributed by atoms with Crippen molar-refractivity contribution in [3.8, 4) is 0 Å². The van der Waals surface area contributed by atoms with Gasteiger partial charge >= 0.3 is 0 Å². The Kier molecular flexibility index (Phi) is 5.83. The first-order valence-corrected chi connectivity index (χ1v) is 8.16. The van der Waals surface area contributed by atoms with Crippen LogP contribution >= 0.6 is 0 Å². The molecule has 0 aromatic rings. The standard InChI is InChI=1S/C16H30N2O/c1-3-18-11-7-9-15(18)13-17(2)12-14-8-5-4-6-10-16(14)19/h14-15H,3-13H2,1-2H3. The number of ketones is 1. The summed E-state index contributed by atoms with van der Waals surface area (Å²) < 4.78 is 0. The highest BCUT2D eigenvalue weighted by molar-refractivity contribution is 5.81. The van der Waals surface area contributed by atoms with E-state index in [0.29, 0.717) is 11.7 Å². The van der Waals surface area contributed by atoms with Gasteiger partial charge in [-0.15, -0.1) is 0 Å². The molecular weight excluding hydrogens is 236 g/mol. The van der Waals surface area contributed by atoms with Gasteiger partial charge in [-0.3, -0.25) is 9.69 Å². The zero-order valence-electron chi connectivity index (χ0n) is 12.7. The van der Waals surface area contributed by atoms with Gasteiger partial charge in [-0.05, 0) is 45.8 Å². The molecule has 110 valence electrons. The molecule has 0 bridgehead atoms. The number of hydrogen-bond donors (Lipinski definition) is 0. The van der Waals surface area contributed by atoms with E-state index in [2.05, 4.69) is 23.8 Å². The van der Waals surface area contributed by atoms with Crippen LogP contribution in [0.15, 0.2) is 0 Å². The minimum atomic E-state index is 0.309. The summed E-state index contributed by atoms with van der Waals surface area (Å²) in [5, 5.41) is 0. The lowest BCUT2D eigenvalue weighted by atomic mass is 9.98. The molecular formula is C16H30N2O. The van der Waals surface area contributed by atoms with Gasteiger partial charge in [0, 0.05) is 31.5 Å². The summed E-state index contributed by atoms with van der Waals surface area (Å²) in [5.74, 6) is 0.826. The lowest BCUT2D eigenvalue weighted by molar-refractivity contribution is -0.123. The van der Waals surface area contributed by atoms with Crippen LogP contribution in [0.3, 0.4) is 0 Å². The summed E-state index contributed by atoms with van der Waals surface area (Å²) in [4.78, 5) is 17.1. The Morgan fingerprint density at radius 1 is 1.16 bits per heavy atom. The van der Waals surface area contributed by atoms with Gasteiger partial charge in [0.05, 0.1) is 0 Å². The molecule has 1 heterocycles. The van der Waals surface area contributed by atoms with E-state index in [4.69, 9.17) is 0 Å². The van der Waals surface area contributed by atoms with Crippen molar-refractivity contribution in [2.75, 3.05) is 33.2 Å². The van der Waals surface area contributed by atoms with E-state index in [1.54, 1.807) is 0 Å². The minimum Gasteiger partial charge on any atom is -0.304 e. The van der Waals surface area contributed by atoms with Crippen LogP contribution in [-0.2, 0) is 4.79 Å². The van der Waals surface area contributed by atoms with Crippen LogP contribution in [0.1, 0.15) is 51.9 Å². The van der Waals surface area contributed by atoms with Gasteiger partial charge in [-0.2, -0.15) is 0 Å². The second-order valence-corrected chi connectivity index (χ2v) is 6.41. The summed E-state index contributed by atoms with van der Waals surface area (Å²) in [6.45, 7) is 6.80. The highest BCUT2D eigenvalue weighted by Gasteiger charge is 2.26. The Morgan fingerprint density at radius 2 is 2.00 bits per heavy atom. The van der Waals surface area contributed by atoms with Gasteiger partial charge in [-0.1, -0.05) is 19.8 Å². The molecule has 0 spiro atoms. The van der Waals surface area contributed by atoms with Crippen molar-refractivity contribution >= 4 is 5.78 Å². The number of carbonyl (C=O) groups excluding carboxylic acids is 1. The van der Waals surface area contributed by atoms with Crippen LogP contribution in [0, 0.1) is 5.92 Å². The fourth-order valence-electron chi connectivity index (χ4n) is 3.75. The molecule has 2 aliphatic rings. The average Bonchev–Trinajstić information content (AvgIpc) is 2.74. The van der Waals surface area contributed by atoms with Gasteiger partial charge in [0.15, 0.2) is 0 Å². The zero-order chi connectivity index (χ0) is 13.7. The van der Waals surface area contributed by atoms with E-state index in [1.807, 2.05) is 0 Å². The van der Waals surface area contributed by atoms with Gasteiger partial charge in [0.1, 0.15) is 5.78 Å². The molecule has 3 nitrogen and oxygen atoms in total. The van der Waals surface area contributed by atoms with Crippen molar-refractivity contribution in [3.05, 3.63) is 0 Å². The number of Topliss-reactive ketones (excluding diaryl/α,β-unsaturated/α-hetero) is 1. The van der Waals surface area contributed by atoms with Crippen LogP contribution in [0.25, 0.3) is 0 Å². The third kappa shape index (κ3) is 4.28. The van der Waals surface area contributed by atoms with Gasteiger partial charge in [0.2, 0.25) is 0 Å². The highest BCUT2D eigenvalue weighted by atomic mass is 16.1. The quantitative estimate of drug-likeness (QED) is 0.715. The SMILES string of the molecule is CCN1CCCC1CN(C)CC1CCCCCC1=O. The molecule has 2 rings (SSSR count). The largest absolute Gasteiger partial charge is 0.304 e. The summed E-state index contributed by atoms with van der Waals surface area (Å²) in [7, 11) is 2.20. The molecule has 0 aromatic carbocycles. The first kappa shape index (κ1) is 15.0. The van der Waals surface area contributed by atoms with E-state index in [0.717, 1.165) is 38.4 Å². The minimum absolute atomic E-state index is 0.309. The van der Waals surface area contributed by atoms with E-state index in [9.17, 15) is 4.79 Å². The summed E-state index contributed by atoms with van der Waals surface area (Å²) in [5.41, 5.74) is 0. The summed E-state index contributed by atoms with van der Waals surface area (Å²) in [6.07, 6.45) is 8.22. The van der Waals surface area contributed by atoms with Gasteiger partial charge < -0.3 is 4.90 Å². The zero-order valence-corrected chi connectivity index (χ0v) is 12.7. The van der Waals surface area contributed by atoms with E-state index >= 15 is 0 Å². The summed E-state index contributed by atoms with van der Waals surface area (Å²) in [6, 6.07) is 0.718. The maximum absolute atomic E-state index is 12.1. The predicted molar refractivity (Wildman–Crippen MR) is 79.3 cm³/mol. The number of nitrogens with zero attached hydrogens (tertiary/aromatic N) is 2. The maximum Gasteiger partial charge on any atom is 0.137 e. The van der Waals surface area contributed by atoms with Crippen LogP contribution in [0.2, 0.25) is 0 Å². The van der Waals surface area contributed by atoms with Crippen molar-refractivity contribution < 1.29 is 4.79 Å². The normalized spacial score (nSPS) is 29.9. The maximum atomic E-state index is 12.1. The highest BCUT2D eigenvalue weighted by Crippen LogP contribution is 2.22. The van der Waals surface area contributed by atoms with E-state index in [1.165, 1.54) is 38.8 Å². The smallest absolute Gasteiger partial charge is 0.137 e. The lowest BCUT2D eigenvalue weighted by Crippen LogP contribution is -2.41. The molecule has 2 fully saturated rings. The molecule has 1 aliphatic carbocycles. The molecule has 0 N–H and O–H groups in total. The third-order valence-corrected chi connectivity index (χ3v) is 4.89. The van der Waals surface area contributed by atoms with Crippen LogP contribution in [0.5, 0.6) is 0 Å². The second-order valence-electron chi connectivity index (χ2n) is 6.41. The number of likely N-dealkylation sites (tertiary alicyclic amines) is 1. The molecule has 0 aromatic heterocycles. The number of hydrogen-bond acceptors (Lipinski definition) is 3. The molecule has 19 heavy (non-hydrogen) atoms. The van der Waals surface area contributed by atoms with Gasteiger partial charge in [-0.25, -0.2) is 0 Å². The third-order valence-electron chi connectivity index (χ3n) is 4.89. The Hall–Kier alpha value is -0.410. The Bertz CT molecular complexity index is 292. The predicted octanol–water partition coefficient (Wildman–Crippen LogP) is 2.55. The van der Waals surface area contributed by atoms with Gasteiger partial charge in [0.25, 0.3) is 0 Å². The number of carbonyl (C=O) groups is 1. The molecule has 2 atom stereocenters. The molecule has 0 amide bonds. The fourth-order valence-corrected chi connectivity index (χ4v) is 3.75.